The molecule has 1 atom stereocenters. The molecular formula is C12H25IN4O2S2. The Kier molecular flexibility index (Phi) is 8.07. The summed E-state index contributed by atoms with van der Waals surface area (Å²) in [6.07, 6.45) is 4.15. The SMILES string of the molecule is CS(=O)(=O)N1CCCCC1CN=C(N)N1CCSCC1.I. The van der Waals surface area contributed by atoms with Gasteiger partial charge >= 0.3 is 0 Å². The third-order valence-electron chi connectivity index (χ3n) is 3.80. The van der Waals surface area contributed by atoms with Crippen LogP contribution in [0.15, 0.2) is 4.99 Å². The molecule has 0 amide bonds. The van der Waals surface area contributed by atoms with Crippen LogP contribution in [0.25, 0.3) is 0 Å². The third kappa shape index (κ3) is 5.76. The first kappa shape index (κ1) is 19.3. The van der Waals surface area contributed by atoms with Crippen molar-refractivity contribution in [1.82, 2.24) is 9.21 Å². The van der Waals surface area contributed by atoms with Crippen molar-refractivity contribution in [2.24, 2.45) is 10.7 Å². The monoisotopic (exact) mass is 448 g/mol. The van der Waals surface area contributed by atoms with Crippen molar-refractivity contribution >= 4 is 51.7 Å². The smallest absolute Gasteiger partial charge is 0.211 e. The fourth-order valence-corrected chi connectivity index (χ4v) is 4.76. The largest absolute Gasteiger partial charge is 0.370 e. The normalized spacial score (nSPS) is 25.5. The highest BCUT2D eigenvalue weighted by molar-refractivity contribution is 14.0. The summed E-state index contributed by atoms with van der Waals surface area (Å²) in [5.74, 6) is 2.72. The van der Waals surface area contributed by atoms with E-state index in [2.05, 4.69) is 9.89 Å². The second-order valence-corrected chi connectivity index (χ2v) is 8.48. The van der Waals surface area contributed by atoms with Crippen LogP contribution in [-0.4, -0.2) is 73.6 Å². The zero-order valence-electron chi connectivity index (χ0n) is 12.4. The van der Waals surface area contributed by atoms with E-state index in [0.29, 0.717) is 19.0 Å². The zero-order chi connectivity index (χ0) is 14.6. The molecule has 0 saturated carbocycles. The van der Waals surface area contributed by atoms with Crippen molar-refractivity contribution in [2.75, 3.05) is 43.9 Å². The van der Waals surface area contributed by atoms with Gasteiger partial charge in [0.25, 0.3) is 0 Å². The Bertz CT molecular complexity index is 452. The maximum absolute atomic E-state index is 11.8. The number of hydrogen-bond acceptors (Lipinski definition) is 4. The van der Waals surface area contributed by atoms with Gasteiger partial charge in [0.15, 0.2) is 5.96 Å². The molecule has 0 aliphatic carbocycles. The molecular weight excluding hydrogens is 423 g/mol. The number of thioether (sulfide) groups is 1. The molecule has 0 aromatic carbocycles. The van der Waals surface area contributed by atoms with Gasteiger partial charge in [0, 0.05) is 37.2 Å². The number of nitrogens with zero attached hydrogens (tertiary/aromatic N) is 3. The van der Waals surface area contributed by atoms with Crippen LogP contribution in [0, 0.1) is 0 Å². The lowest BCUT2D eigenvalue weighted by atomic mass is 10.1. The maximum atomic E-state index is 11.8. The van der Waals surface area contributed by atoms with Crippen molar-refractivity contribution in [3.63, 3.8) is 0 Å². The first-order valence-corrected chi connectivity index (χ1v) is 10.1. The molecule has 0 bridgehead atoms. The quantitative estimate of drug-likeness (QED) is 0.392. The minimum Gasteiger partial charge on any atom is -0.370 e. The molecule has 21 heavy (non-hydrogen) atoms. The number of nitrogens with two attached hydrogens (primary N) is 1. The maximum Gasteiger partial charge on any atom is 0.211 e. The molecule has 2 saturated heterocycles. The Morgan fingerprint density at radius 1 is 1.29 bits per heavy atom. The number of rotatable bonds is 3. The Morgan fingerprint density at radius 3 is 2.57 bits per heavy atom. The Balaban J connectivity index is 0.00000220. The van der Waals surface area contributed by atoms with Gasteiger partial charge in [-0.3, -0.25) is 4.99 Å². The number of hydrogen-bond donors (Lipinski definition) is 1. The van der Waals surface area contributed by atoms with Crippen molar-refractivity contribution in [2.45, 2.75) is 25.3 Å². The predicted molar refractivity (Wildman–Crippen MR) is 100.0 cm³/mol. The molecule has 2 fully saturated rings. The topological polar surface area (TPSA) is 79.0 Å². The number of aliphatic imine (C=N–C) groups is 1. The highest BCUT2D eigenvalue weighted by Crippen LogP contribution is 2.20. The van der Waals surface area contributed by atoms with Gasteiger partial charge in [-0.25, -0.2) is 8.42 Å². The Morgan fingerprint density at radius 2 is 1.95 bits per heavy atom. The van der Waals surface area contributed by atoms with E-state index >= 15 is 0 Å². The Labute approximate surface area is 149 Å². The average Bonchev–Trinajstić information content (AvgIpc) is 2.45. The van der Waals surface area contributed by atoms with Crippen molar-refractivity contribution in [3.8, 4) is 0 Å². The summed E-state index contributed by atoms with van der Waals surface area (Å²) in [7, 11) is -3.14. The van der Waals surface area contributed by atoms with E-state index < -0.39 is 10.0 Å². The van der Waals surface area contributed by atoms with Crippen LogP contribution in [0.4, 0.5) is 0 Å². The number of sulfonamides is 1. The summed E-state index contributed by atoms with van der Waals surface area (Å²) >= 11 is 1.93. The van der Waals surface area contributed by atoms with E-state index in [1.54, 1.807) is 4.31 Å². The summed E-state index contributed by atoms with van der Waals surface area (Å²) in [6, 6.07) is -0.0311. The van der Waals surface area contributed by atoms with Crippen molar-refractivity contribution in [3.05, 3.63) is 0 Å². The minimum atomic E-state index is -3.14. The molecule has 0 radical (unpaired) electrons. The lowest BCUT2D eigenvalue weighted by Crippen LogP contribution is -2.46. The van der Waals surface area contributed by atoms with E-state index in [-0.39, 0.29) is 30.0 Å². The Hall–Kier alpha value is 0.260. The van der Waals surface area contributed by atoms with Gasteiger partial charge in [-0.1, -0.05) is 6.42 Å². The standard InChI is InChI=1S/C12H24N4O2S2.HI/c1-20(17,18)16-5-3-2-4-11(16)10-14-12(13)15-6-8-19-9-7-15;/h11H,2-10H2,1H3,(H2,13,14);1H. The average molecular weight is 448 g/mol. The molecule has 2 heterocycles. The van der Waals surface area contributed by atoms with Crippen LogP contribution in [-0.2, 0) is 10.0 Å². The fourth-order valence-electron chi connectivity index (χ4n) is 2.68. The van der Waals surface area contributed by atoms with Crippen LogP contribution in [0.2, 0.25) is 0 Å². The first-order valence-electron chi connectivity index (χ1n) is 7.08. The van der Waals surface area contributed by atoms with E-state index in [1.807, 2.05) is 11.8 Å². The number of piperidine rings is 1. The van der Waals surface area contributed by atoms with Gasteiger partial charge in [-0.05, 0) is 12.8 Å². The van der Waals surface area contributed by atoms with Gasteiger partial charge in [-0.15, -0.1) is 24.0 Å². The lowest BCUT2D eigenvalue weighted by molar-refractivity contribution is 0.259. The summed E-state index contributed by atoms with van der Waals surface area (Å²) < 4.78 is 25.1. The van der Waals surface area contributed by atoms with Gasteiger partial charge < -0.3 is 10.6 Å². The fraction of sp³-hybridized carbons (Fsp3) is 0.917. The molecule has 0 aromatic rings. The predicted octanol–water partition coefficient (Wildman–Crippen LogP) is 0.782. The number of halogens is 1. The molecule has 2 aliphatic heterocycles. The van der Waals surface area contributed by atoms with Gasteiger partial charge in [0.2, 0.25) is 10.0 Å². The van der Waals surface area contributed by atoms with Gasteiger partial charge in [-0.2, -0.15) is 16.1 Å². The molecule has 124 valence electrons. The number of guanidine groups is 1. The molecule has 6 nitrogen and oxygen atoms in total. The summed E-state index contributed by atoms with van der Waals surface area (Å²) in [4.78, 5) is 6.53. The van der Waals surface area contributed by atoms with E-state index in [1.165, 1.54) is 6.26 Å². The summed E-state index contributed by atoms with van der Waals surface area (Å²) in [6.45, 7) is 2.95. The van der Waals surface area contributed by atoms with Crippen LogP contribution < -0.4 is 5.73 Å². The first-order chi connectivity index (χ1) is 9.48. The van der Waals surface area contributed by atoms with Crippen molar-refractivity contribution < 1.29 is 8.42 Å². The van der Waals surface area contributed by atoms with Crippen LogP contribution in [0.1, 0.15) is 19.3 Å². The highest BCUT2D eigenvalue weighted by Gasteiger charge is 2.29. The minimum absolute atomic E-state index is 0. The zero-order valence-corrected chi connectivity index (χ0v) is 16.4. The van der Waals surface area contributed by atoms with E-state index in [9.17, 15) is 8.42 Å². The molecule has 9 heteroatoms. The van der Waals surface area contributed by atoms with Gasteiger partial charge in [0.05, 0.1) is 12.8 Å². The van der Waals surface area contributed by atoms with Crippen LogP contribution in [0.3, 0.4) is 0 Å². The lowest BCUT2D eigenvalue weighted by Gasteiger charge is -2.33. The molecule has 0 aromatic heterocycles. The molecule has 2 aliphatic rings. The molecule has 1 unspecified atom stereocenters. The second-order valence-electron chi connectivity index (χ2n) is 5.32. The molecule has 0 spiro atoms. The summed E-state index contributed by atoms with van der Waals surface area (Å²) in [5, 5.41) is 0. The molecule has 2 rings (SSSR count). The van der Waals surface area contributed by atoms with Crippen LogP contribution >= 0.6 is 35.7 Å². The summed E-state index contributed by atoms with van der Waals surface area (Å²) in [5.41, 5.74) is 6.02. The third-order valence-corrected chi connectivity index (χ3v) is 6.07. The van der Waals surface area contributed by atoms with E-state index in [0.717, 1.165) is 43.9 Å². The molecule has 2 N–H and O–H groups in total. The van der Waals surface area contributed by atoms with Crippen molar-refractivity contribution in [1.29, 1.82) is 0 Å². The van der Waals surface area contributed by atoms with Crippen LogP contribution in [0.5, 0.6) is 0 Å². The second kappa shape index (κ2) is 8.78. The van der Waals surface area contributed by atoms with E-state index in [4.69, 9.17) is 5.73 Å². The highest BCUT2D eigenvalue weighted by atomic mass is 127. The van der Waals surface area contributed by atoms with Gasteiger partial charge in [0.1, 0.15) is 0 Å².